The van der Waals surface area contributed by atoms with E-state index in [0.29, 0.717) is 6.04 Å². The Kier molecular flexibility index (Phi) is 3.80. The van der Waals surface area contributed by atoms with Gasteiger partial charge in [-0.2, -0.15) is 0 Å². The second kappa shape index (κ2) is 5.32. The molecular formula is C12H20N2O2. The second-order valence-electron chi connectivity index (χ2n) is 4.80. The Morgan fingerprint density at radius 1 is 1.00 bits per heavy atom. The van der Waals surface area contributed by atoms with Gasteiger partial charge in [-0.15, -0.1) is 0 Å². The molecule has 2 rings (SSSR count). The van der Waals surface area contributed by atoms with Crippen molar-refractivity contribution < 1.29 is 9.59 Å². The first kappa shape index (κ1) is 11.4. The average molecular weight is 224 g/mol. The van der Waals surface area contributed by atoms with Crippen LogP contribution in [0, 0.1) is 0 Å². The van der Waals surface area contributed by atoms with Gasteiger partial charge in [-0.25, -0.2) is 0 Å². The molecule has 16 heavy (non-hydrogen) atoms. The van der Waals surface area contributed by atoms with E-state index in [4.69, 9.17) is 0 Å². The molecule has 1 aliphatic heterocycles. The van der Waals surface area contributed by atoms with Crippen molar-refractivity contribution >= 4 is 11.8 Å². The zero-order valence-corrected chi connectivity index (χ0v) is 9.71. The third kappa shape index (κ3) is 2.74. The minimum Gasteiger partial charge on any atom is -0.345 e. The van der Waals surface area contributed by atoms with E-state index in [1.807, 2.05) is 0 Å². The minimum atomic E-state index is -0.0124. The summed E-state index contributed by atoms with van der Waals surface area (Å²) in [5.41, 5.74) is 0. The summed E-state index contributed by atoms with van der Waals surface area (Å²) in [6.07, 6.45) is 8.38. The van der Waals surface area contributed by atoms with Gasteiger partial charge in [0.1, 0.15) is 0 Å². The Labute approximate surface area is 96.4 Å². The Balaban J connectivity index is 1.96. The molecule has 90 valence electrons. The van der Waals surface area contributed by atoms with Gasteiger partial charge in [0.15, 0.2) is 0 Å². The van der Waals surface area contributed by atoms with Crippen molar-refractivity contribution in [2.45, 2.75) is 51.0 Å². The van der Waals surface area contributed by atoms with Gasteiger partial charge in [0.2, 0.25) is 11.8 Å². The van der Waals surface area contributed by atoms with Crippen molar-refractivity contribution in [3.63, 3.8) is 0 Å². The number of hydrogen-bond acceptors (Lipinski definition) is 2. The fourth-order valence-electron chi connectivity index (χ4n) is 2.65. The van der Waals surface area contributed by atoms with Crippen molar-refractivity contribution in [2.24, 2.45) is 0 Å². The number of amides is 2. The molecule has 1 aliphatic carbocycles. The number of rotatable bonds is 1. The fourth-order valence-corrected chi connectivity index (χ4v) is 2.65. The average Bonchev–Trinajstić information content (AvgIpc) is 2.22. The molecule has 0 aromatic carbocycles. The van der Waals surface area contributed by atoms with Crippen LogP contribution in [0.1, 0.15) is 44.9 Å². The van der Waals surface area contributed by atoms with Gasteiger partial charge in [0.25, 0.3) is 0 Å². The third-order valence-corrected chi connectivity index (χ3v) is 3.59. The molecule has 4 heteroatoms. The predicted molar refractivity (Wildman–Crippen MR) is 60.8 cm³/mol. The molecule has 0 unspecified atom stereocenters. The van der Waals surface area contributed by atoms with Crippen LogP contribution in [0.25, 0.3) is 0 Å². The summed E-state index contributed by atoms with van der Waals surface area (Å²) in [6, 6.07) is 0.304. The molecule has 1 heterocycles. The summed E-state index contributed by atoms with van der Waals surface area (Å²) < 4.78 is 0. The van der Waals surface area contributed by atoms with E-state index in [1.54, 1.807) is 4.90 Å². The van der Waals surface area contributed by atoms with Crippen LogP contribution in [-0.4, -0.2) is 35.8 Å². The molecule has 0 spiro atoms. The summed E-state index contributed by atoms with van der Waals surface area (Å²) >= 11 is 0. The molecule has 2 amide bonds. The Morgan fingerprint density at radius 3 is 2.31 bits per heavy atom. The zero-order valence-electron chi connectivity index (χ0n) is 9.71. The van der Waals surface area contributed by atoms with E-state index < -0.39 is 0 Å². The van der Waals surface area contributed by atoms with E-state index in [0.717, 1.165) is 12.8 Å². The van der Waals surface area contributed by atoms with Crippen LogP contribution in [0.3, 0.4) is 0 Å². The van der Waals surface area contributed by atoms with Crippen LogP contribution in [0.4, 0.5) is 0 Å². The van der Waals surface area contributed by atoms with Crippen LogP contribution < -0.4 is 5.32 Å². The maximum absolute atomic E-state index is 11.7. The molecule has 0 aromatic heterocycles. The van der Waals surface area contributed by atoms with Crippen LogP contribution in [0.5, 0.6) is 0 Å². The van der Waals surface area contributed by atoms with Gasteiger partial charge in [0.05, 0.1) is 13.1 Å². The topological polar surface area (TPSA) is 49.4 Å². The highest BCUT2D eigenvalue weighted by molar-refractivity contribution is 5.92. The summed E-state index contributed by atoms with van der Waals surface area (Å²) in [5, 5.41) is 2.60. The maximum atomic E-state index is 11.7. The largest absolute Gasteiger partial charge is 0.345 e. The lowest BCUT2D eigenvalue weighted by molar-refractivity contribution is -0.143. The number of carbonyl (C=O) groups is 2. The maximum Gasteiger partial charge on any atom is 0.242 e. The summed E-state index contributed by atoms with van der Waals surface area (Å²) in [6.45, 7) is 0.457. The van der Waals surface area contributed by atoms with Gasteiger partial charge in [-0.3, -0.25) is 9.59 Å². The first-order chi connectivity index (χ1) is 7.77. The molecule has 2 fully saturated rings. The van der Waals surface area contributed by atoms with E-state index in [2.05, 4.69) is 5.32 Å². The van der Waals surface area contributed by atoms with Crippen LogP contribution in [0.15, 0.2) is 0 Å². The fraction of sp³-hybridized carbons (Fsp3) is 0.833. The summed E-state index contributed by atoms with van der Waals surface area (Å²) in [4.78, 5) is 24.9. The molecule has 0 atom stereocenters. The lowest BCUT2D eigenvalue weighted by Gasteiger charge is -2.35. The smallest absolute Gasteiger partial charge is 0.242 e. The second-order valence-corrected chi connectivity index (χ2v) is 4.80. The van der Waals surface area contributed by atoms with E-state index in [-0.39, 0.29) is 24.9 Å². The standard InChI is InChI=1S/C12H20N2O2/c15-11-9-14(12(16)8-13-11)10-6-4-2-1-3-5-7-10/h10H,1-9H2,(H,13,15). The first-order valence-corrected chi connectivity index (χ1v) is 6.33. The molecule has 1 N–H and O–H groups in total. The van der Waals surface area contributed by atoms with Crippen molar-refractivity contribution in [1.29, 1.82) is 0 Å². The van der Waals surface area contributed by atoms with E-state index in [9.17, 15) is 9.59 Å². The molecule has 2 aliphatic rings. The summed E-state index contributed by atoms with van der Waals surface area (Å²) in [7, 11) is 0. The van der Waals surface area contributed by atoms with Gasteiger partial charge in [-0.1, -0.05) is 32.1 Å². The van der Waals surface area contributed by atoms with E-state index in [1.165, 1.54) is 32.1 Å². The minimum absolute atomic E-state index is 0.0124. The van der Waals surface area contributed by atoms with E-state index >= 15 is 0 Å². The number of carbonyl (C=O) groups excluding carboxylic acids is 2. The zero-order chi connectivity index (χ0) is 11.4. The van der Waals surface area contributed by atoms with Gasteiger partial charge in [-0.05, 0) is 12.8 Å². The quantitative estimate of drug-likeness (QED) is 0.724. The van der Waals surface area contributed by atoms with Crippen LogP contribution in [-0.2, 0) is 9.59 Å². The van der Waals surface area contributed by atoms with Crippen molar-refractivity contribution in [1.82, 2.24) is 10.2 Å². The molecule has 4 nitrogen and oxygen atoms in total. The molecule has 1 saturated carbocycles. The first-order valence-electron chi connectivity index (χ1n) is 6.33. The number of piperazine rings is 1. The highest BCUT2D eigenvalue weighted by atomic mass is 16.2. The van der Waals surface area contributed by atoms with Crippen LogP contribution in [0.2, 0.25) is 0 Å². The Bertz CT molecular complexity index is 270. The lowest BCUT2D eigenvalue weighted by atomic mass is 9.95. The molecule has 0 aromatic rings. The number of hydrogen-bond donors (Lipinski definition) is 1. The van der Waals surface area contributed by atoms with Crippen molar-refractivity contribution in [3.05, 3.63) is 0 Å². The number of nitrogens with one attached hydrogen (secondary N) is 1. The normalized spacial score (nSPS) is 24.9. The highest BCUT2D eigenvalue weighted by Gasteiger charge is 2.29. The monoisotopic (exact) mass is 224 g/mol. The highest BCUT2D eigenvalue weighted by Crippen LogP contribution is 2.22. The van der Waals surface area contributed by atoms with Crippen LogP contribution >= 0.6 is 0 Å². The van der Waals surface area contributed by atoms with Gasteiger partial charge in [0, 0.05) is 6.04 Å². The van der Waals surface area contributed by atoms with Gasteiger partial charge >= 0.3 is 0 Å². The summed E-state index contributed by atoms with van der Waals surface area (Å²) in [5.74, 6) is 0.0758. The van der Waals surface area contributed by atoms with Crippen molar-refractivity contribution in [3.8, 4) is 0 Å². The Morgan fingerprint density at radius 2 is 1.62 bits per heavy atom. The SMILES string of the molecule is O=C1CN(C2CCCCCCC2)C(=O)CN1. The lowest BCUT2D eigenvalue weighted by Crippen LogP contribution is -2.55. The van der Waals surface area contributed by atoms with Gasteiger partial charge < -0.3 is 10.2 Å². The molecule has 0 bridgehead atoms. The molecule has 0 radical (unpaired) electrons. The third-order valence-electron chi connectivity index (χ3n) is 3.59. The predicted octanol–water partition coefficient (Wildman–Crippen LogP) is 1.06. The number of nitrogens with zero attached hydrogens (tertiary/aromatic N) is 1. The molecule has 1 saturated heterocycles. The van der Waals surface area contributed by atoms with Crippen molar-refractivity contribution in [2.75, 3.05) is 13.1 Å². The molecular weight excluding hydrogens is 204 g/mol. The Hall–Kier alpha value is -1.06.